The molecule has 1 aromatic heterocycles. The first-order valence-electron chi connectivity index (χ1n) is 6.62. The fraction of sp³-hybridized carbons (Fsp3) is 0.118. The second-order valence-corrected chi connectivity index (χ2v) is 4.31. The zero-order valence-corrected chi connectivity index (χ0v) is 11.8. The smallest absolute Gasteiger partial charge is 0.408 e. The van der Waals surface area contributed by atoms with Crippen LogP contribution in [0.5, 0.6) is 0 Å². The Kier molecular flexibility index (Phi) is 5.70. The molecular weight excluding hydrogens is 280 g/mol. The van der Waals surface area contributed by atoms with E-state index in [2.05, 4.69) is 22.1 Å². The monoisotopic (exact) mass is 294 g/mol. The highest BCUT2D eigenvalue weighted by Gasteiger charge is 2.00. The number of ether oxygens (including phenoxy) is 1. The van der Waals surface area contributed by atoms with Gasteiger partial charge in [-0.3, -0.25) is 4.79 Å². The Bertz CT molecular complexity index is 703. The Morgan fingerprint density at radius 3 is 2.86 bits per heavy atom. The van der Waals surface area contributed by atoms with Gasteiger partial charge < -0.3 is 10.1 Å². The van der Waals surface area contributed by atoms with Gasteiger partial charge in [0, 0.05) is 11.8 Å². The number of hydrogen-bond donors (Lipinski definition) is 1. The van der Waals surface area contributed by atoms with Crippen LogP contribution < -0.4 is 5.32 Å². The summed E-state index contributed by atoms with van der Waals surface area (Å²) in [6, 6.07) is 12.6. The number of alkyl carbamates (subject to hydrolysis) is 1. The zero-order chi connectivity index (χ0) is 15.6. The summed E-state index contributed by atoms with van der Waals surface area (Å²) >= 11 is 0. The molecule has 0 spiro atoms. The highest BCUT2D eigenvalue weighted by molar-refractivity contribution is 5.74. The maximum atomic E-state index is 11.5. The summed E-state index contributed by atoms with van der Waals surface area (Å²) in [4.78, 5) is 26.1. The lowest BCUT2D eigenvalue weighted by molar-refractivity contribution is 0.112. The minimum absolute atomic E-state index is 0.140. The van der Waals surface area contributed by atoms with Crippen molar-refractivity contribution in [1.29, 1.82) is 0 Å². The molecule has 5 heteroatoms. The molecular formula is C17H14N2O3. The molecule has 0 aliphatic rings. The van der Waals surface area contributed by atoms with Crippen molar-refractivity contribution in [2.24, 2.45) is 0 Å². The van der Waals surface area contributed by atoms with Crippen molar-refractivity contribution in [3.8, 4) is 11.8 Å². The Labute approximate surface area is 128 Å². The molecule has 1 N–H and O–H groups in total. The number of rotatable bonds is 4. The van der Waals surface area contributed by atoms with E-state index in [1.54, 1.807) is 12.1 Å². The van der Waals surface area contributed by atoms with Crippen LogP contribution in [0.1, 0.15) is 21.6 Å². The lowest BCUT2D eigenvalue weighted by atomic mass is 10.2. The van der Waals surface area contributed by atoms with Crippen molar-refractivity contribution in [3.05, 3.63) is 65.5 Å². The van der Waals surface area contributed by atoms with E-state index in [-0.39, 0.29) is 13.2 Å². The van der Waals surface area contributed by atoms with Crippen molar-refractivity contribution in [3.63, 3.8) is 0 Å². The van der Waals surface area contributed by atoms with Gasteiger partial charge in [-0.1, -0.05) is 36.3 Å². The van der Waals surface area contributed by atoms with Crippen LogP contribution >= 0.6 is 0 Å². The molecule has 1 heterocycles. The summed E-state index contributed by atoms with van der Waals surface area (Å²) in [6.45, 7) is 0.351. The van der Waals surface area contributed by atoms with Crippen molar-refractivity contribution in [2.45, 2.75) is 6.61 Å². The number of amides is 1. The highest BCUT2D eigenvalue weighted by atomic mass is 16.5. The van der Waals surface area contributed by atoms with Crippen LogP contribution in [-0.4, -0.2) is 23.9 Å². The third-order valence-electron chi connectivity index (χ3n) is 2.67. The summed E-state index contributed by atoms with van der Waals surface area (Å²) in [5, 5.41) is 2.52. The quantitative estimate of drug-likeness (QED) is 0.693. The van der Waals surface area contributed by atoms with Gasteiger partial charge in [0.2, 0.25) is 0 Å². The number of carbonyl (C=O) groups excluding carboxylic acids is 2. The van der Waals surface area contributed by atoms with Gasteiger partial charge in [0.15, 0.2) is 0 Å². The molecule has 0 aliphatic carbocycles. The van der Waals surface area contributed by atoms with Crippen LogP contribution in [-0.2, 0) is 11.3 Å². The van der Waals surface area contributed by atoms with Crippen LogP contribution in [0.2, 0.25) is 0 Å². The van der Waals surface area contributed by atoms with Crippen LogP contribution in [0.3, 0.4) is 0 Å². The van der Waals surface area contributed by atoms with Gasteiger partial charge in [0.25, 0.3) is 0 Å². The second-order valence-electron chi connectivity index (χ2n) is 4.31. The molecule has 5 nitrogen and oxygen atoms in total. The normalized spacial score (nSPS) is 9.27. The van der Waals surface area contributed by atoms with Crippen LogP contribution in [0.15, 0.2) is 48.7 Å². The van der Waals surface area contributed by atoms with E-state index in [4.69, 9.17) is 4.74 Å². The predicted octanol–water partition coefficient (Wildman–Crippen LogP) is 2.17. The van der Waals surface area contributed by atoms with E-state index in [1.165, 1.54) is 6.20 Å². The van der Waals surface area contributed by atoms with Gasteiger partial charge in [-0.2, -0.15) is 0 Å². The molecule has 0 bridgehead atoms. The van der Waals surface area contributed by atoms with Crippen molar-refractivity contribution < 1.29 is 14.3 Å². The molecule has 2 rings (SSSR count). The molecule has 110 valence electrons. The van der Waals surface area contributed by atoms with Gasteiger partial charge in [-0.05, 0) is 23.6 Å². The zero-order valence-electron chi connectivity index (χ0n) is 11.8. The van der Waals surface area contributed by atoms with Crippen molar-refractivity contribution >= 4 is 12.4 Å². The number of nitrogens with one attached hydrogen (secondary N) is 1. The minimum Gasteiger partial charge on any atom is -0.445 e. The lowest BCUT2D eigenvalue weighted by Gasteiger charge is -2.04. The van der Waals surface area contributed by atoms with E-state index in [1.807, 2.05) is 30.3 Å². The fourth-order valence-corrected chi connectivity index (χ4v) is 1.61. The van der Waals surface area contributed by atoms with E-state index in [0.717, 1.165) is 11.8 Å². The van der Waals surface area contributed by atoms with Gasteiger partial charge in [0.1, 0.15) is 18.6 Å². The molecule has 2 aromatic rings. The average molecular weight is 294 g/mol. The second kappa shape index (κ2) is 8.22. The first-order valence-corrected chi connectivity index (χ1v) is 6.62. The number of aldehydes is 1. The molecule has 0 saturated carbocycles. The van der Waals surface area contributed by atoms with Gasteiger partial charge >= 0.3 is 6.09 Å². The van der Waals surface area contributed by atoms with Crippen LogP contribution in [0.25, 0.3) is 0 Å². The third kappa shape index (κ3) is 5.10. The van der Waals surface area contributed by atoms with Gasteiger partial charge in [-0.15, -0.1) is 0 Å². The maximum Gasteiger partial charge on any atom is 0.408 e. The highest BCUT2D eigenvalue weighted by Crippen LogP contribution is 2.00. The molecule has 22 heavy (non-hydrogen) atoms. The van der Waals surface area contributed by atoms with Crippen LogP contribution in [0, 0.1) is 11.8 Å². The Morgan fingerprint density at radius 2 is 2.09 bits per heavy atom. The summed E-state index contributed by atoms with van der Waals surface area (Å²) < 4.78 is 5.04. The Morgan fingerprint density at radius 1 is 1.27 bits per heavy atom. The number of nitrogens with zero attached hydrogens (tertiary/aromatic N) is 1. The fourth-order valence-electron chi connectivity index (χ4n) is 1.61. The predicted molar refractivity (Wildman–Crippen MR) is 81.1 cm³/mol. The average Bonchev–Trinajstić information content (AvgIpc) is 2.58. The van der Waals surface area contributed by atoms with Gasteiger partial charge in [-0.25, -0.2) is 9.78 Å². The number of aromatic nitrogens is 1. The standard InChI is InChI=1S/C17H14N2O3/c20-12-15-8-10-18-16(11-15)7-4-9-19-17(21)22-13-14-5-2-1-3-6-14/h1-3,5-6,8,10-12H,9,13H2,(H,19,21). The molecule has 0 unspecified atom stereocenters. The summed E-state index contributed by atoms with van der Waals surface area (Å²) in [5.74, 6) is 5.50. The van der Waals surface area contributed by atoms with E-state index < -0.39 is 6.09 Å². The first-order chi connectivity index (χ1) is 10.8. The van der Waals surface area contributed by atoms with Gasteiger partial charge in [0.05, 0.1) is 6.54 Å². The van der Waals surface area contributed by atoms with Crippen molar-refractivity contribution in [1.82, 2.24) is 10.3 Å². The molecule has 0 atom stereocenters. The summed E-state index contributed by atoms with van der Waals surface area (Å²) in [7, 11) is 0. The molecule has 0 radical (unpaired) electrons. The molecule has 0 saturated heterocycles. The number of pyridine rings is 1. The number of carbonyl (C=O) groups is 2. The van der Waals surface area contributed by atoms with E-state index in [9.17, 15) is 9.59 Å². The minimum atomic E-state index is -0.534. The Hall–Kier alpha value is -3.13. The van der Waals surface area contributed by atoms with E-state index >= 15 is 0 Å². The SMILES string of the molecule is O=Cc1ccnc(C#CCNC(=O)OCc2ccccc2)c1. The summed E-state index contributed by atoms with van der Waals surface area (Å²) in [6.07, 6.45) is 1.70. The number of benzene rings is 1. The molecule has 1 amide bonds. The molecule has 1 aromatic carbocycles. The van der Waals surface area contributed by atoms with Crippen molar-refractivity contribution in [2.75, 3.05) is 6.54 Å². The summed E-state index contributed by atoms with van der Waals surface area (Å²) in [5.41, 5.74) is 1.90. The third-order valence-corrected chi connectivity index (χ3v) is 2.67. The number of hydrogen-bond acceptors (Lipinski definition) is 4. The topological polar surface area (TPSA) is 68.3 Å². The largest absolute Gasteiger partial charge is 0.445 e. The Balaban J connectivity index is 1.75. The molecule has 0 fully saturated rings. The maximum absolute atomic E-state index is 11.5. The van der Waals surface area contributed by atoms with Crippen LogP contribution in [0.4, 0.5) is 4.79 Å². The first kappa shape index (κ1) is 15.3. The lowest BCUT2D eigenvalue weighted by Crippen LogP contribution is -2.24. The van der Waals surface area contributed by atoms with E-state index in [0.29, 0.717) is 11.3 Å². The molecule has 0 aliphatic heterocycles.